The zero-order valence-electron chi connectivity index (χ0n) is 8.36. The molecule has 14 heavy (non-hydrogen) atoms. The minimum Gasteiger partial charge on any atom is -0.472 e. The average Bonchev–Trinajstić information content (AvgIpc) is 2.56. The molecular weight excluding hydrogens is 202 g/mol. The molecule has 0 aliphatic heterocycles. The first kappa shape index (κ1) is 11.3. The maximum atomic E-state index is 11.3. The first-order valence-corrected chi connectivity index (χ1v) is 6.06. The Morgan fingerprint density at radius 1 is 1.50 bits per heavy atom. The lowest BCUT2D eigenvalue weighted by Gasteiger charge is -2.08. The average molecular weight is 217 g/mol. The van der Waals surface area contributed by atoms with E-state index in [9.17, 15) is 8.42 Å². The van der Waals surface area contributed by atoms with Crippen molar-refractivity contribution in [2.24, 2.45) is 0 Å². The highest BCUT2D eigenvalue weighted by molar-refractivity contribution is 7.90. The molecule has 0 aliphatic rings. The van der Waals surface area contributed by atoms with Crippen LogP contribution in [0.2, 0.25) is 0 Å². The zero-order valence-corrected chi connectivity index (χ0v) is 9.17. The van der Waals surface area contributed by atoms with Gasteiger partial charge in [0.15, 0.2) is 0 Å². The lowest BCUT2D eigenvalue weighted by molar-refractivity contribution is 0.561. The van der Waals surface area contributed by atoms with Crippen LogP contribution in [0, 0.1) is 0 Å². The van der Waals surface area contributed by atoms with Gasteiger partial charge >= 0.3 is 0 Å². The molecule has 0 aromatic carbocycles. The quantitative estimate of drug-likeness (QED) is 0.804. The molecule has 5 heteroatoms. The van der Waals surface area contributed by atoms with Crippen molar-refractivity contribution in [2.45, 2.75) is 25.5 Å². The van der Waals surface area contributed by atoms with Gasteiger partial charge in [-0.1, -0.05) is 0 Å². The normalized spacial score (nSPS) is 12.2. The van der Waals surface area contributed by atoms with Gasteiger partial charge < -0.3 is 4.42 Å². The third kappa shape index (κ3) is 3.16. The standard InChI is InChI=1S/C9H15NO3S/c1-8(2)14(11,12)10-5-3-9-4-6-13-7-9/h4,6-8,10H,3,5H2,1-2H3. The summed E-state index contributed by atoms with van der Waals surface area (Å²) in [5.41, 5.74) is 0.997. The topological polar surface area (TPSA) is 59.3 Å². The molecule has 80 valence electrons. The van der Waals surface area contributed by atoms with E-state index in [1.807, 2.05) is 6.07 Å². The van der Waals surface area contributed by atoms with Gasteiger partial charge in [-0.3, -0.25) is 0 Å². The first-order chi connectivity index (χ1) is 6.52. The van der Waals surface area contributed by atoms with Crippen molar-refractivity contribution in [3.63, 3.8) is 0 Å². The second-order valence-corrected chi connectivity index (χ2v) is 5.69. The molecule has 1 N–H and O–H groups in total. The van der Waals surface area contributed by atoms with Gasteiger partial charge in [0.25, 0.3) is 0 Å². The lowest BCUT2D eigenvalue weighted by atomic mass is 10.2. The zero-order chi connectivity index (χ0) is 10.6. The van der Waals surface area contributed by atoms with Crippen LogP contribution in [0.15, 0.2) is 23.0 Å². The van der Waals surface area contributed by atoms with Crippen LogP contribution in [0.3, 0.4) is 0 Å². The van der Waals surface area contributed by atoms with E-state index in [1.165, 1.54) is 0 Å². The molecule has 0 atom stereocenters. The summed E-state index contributed by atoms with van der Waals surface area (Å²) in [5.74, 6) is 0. The Morgan fingerprint density at radius 3 is 2.71 bits per heavy atom. The van der Waals surface area contributed by atoms with Crippen LogP contribution in [-0.4, -0.2) is 20.2 Å². The fraction of sp³-hybridized carbons (Fsp3) is 0.556. The summed E-state index contributed by atoms with van der Waals surface area (Å²) < 4.78 is 30.0. The Kier molecular flexibility index (Phi) is 3.71. The van der Waals surface area contributed by atoms with E-state index >= 15 is 0 Å². The predicted molar refractivity (Wildman–Crippen MR) is 54.5 cm³/mol. The van der Waals surface area contributed by atoms with Crippen molar-refractivity contribution in [2.75, 3.05) is 6.54 Å². The van der Waals surface area contributed by atoms with Gasteiger partial charge in [0.2, 0.25) is 10.0 Å². The molecule has 0 spiro atoms. The number of furan rings is 1. The molecule has 0 radical (unpaired) electrons. The predicted octanol–water partition coefficient (Wildman–Crippen LogP) is 1.15. The van der Waals surface area contributed by atoms with E-state index in [0.29, 0.717) is 13.0 Å². The third-order valence-corrected chi connectivity index (χ3v) is 3.77. The molecular formula is C9H15NO3S. The molecule has 0 aliphatic carbocycles. The molecule has 0 unspecified atom stereocenters. The smallest absolute Gasteiger partial charge is 0.213 e. The molecule has 0 fully saturated rings. The summed E-state index contributed by atoms with van der Waals surface area (Å²) in [6.45, 7) is 3.72. The summed E-state index contributed by atoms with van der Waals surface area (Å²) in [7, 11) is -3.13. The highest BCUT2D eigenvalue weighted by Crippen LogP contribution is 2.01. The highest BCUT2D eigenvalue weighted by atomic mass is 32.2. The van der Waals surface area contributed by atoms with Gasteiger partial charge in [-0.2, -0.15) is 0 Å². The fourth-order valence-electron chi connectivity index (χ4n) is 0.939. The van der Waals surface area contributed by atoms with E-state index in [4.69, 9.17) is 4.42 Å². The second kappa shape index (κ2) is 4.61. The van der Waals surface area contributed by atoms with Gasteiger partial charge in [-0.05, 0) is 31.9 Å². The monoisotopic (exact) mass is 217 g/mol. The molecule has 1 aromatic rings. The molecule has 1 rings (SSSR count). The summed E-state index contributed by atoms with van der Waals surface area (Å²) in [6, 6.07) is 1.82. The largest absolute Gasteiger partial charge is 0.472 e. The first-order valence-electron chi connectivity index (χ1n) is 4.52. The number of hydrogen-bond acceptors (Lipinski definition) is 3. The Bertz CT molecular complexity index is 353. The van der Waals surface area contributed by atoms with Crippen LogP contribution in [0.5, 0.6) is 0 Å². The highest BCUT2D eigenvalue weighted by Gasteiger charge is 2.14. The van der Waals surface area contributed by atoms with E-state index in [2.05, 4.69) is 4.72 Å². The molecule has 4 nitrogen and oxygen atoms in total. The SMILES string of the molecule is CC(C)S(=O)(=O)NCCc1ccoc1. The van der Waals surface area contributed by atoms with E-state index in [-0.39, 0.29) is 5.25 Å². The number of sulfonamides is 1. The number of hydrogen-bond donors (Lipinski definition) is 1. The van der Waals surface area contributed by atoms with Crippen LogP contribution in [-0.2, 0) is 16.4 Å². The summed E-state index contributed by atoms with van der Waals surface area (Å²) in [5, 5.41) is -0.383. The Labute approximate surface area is 84.4 Å². The van der Waals surface area contributed by atoms with Crippen molar-refractivity contribution in [3.05, 3.63) is 24.2 Å². The van der Waals surface area contributed by atoms with Crippen molar-refractivity contribution in [3.8, 4) is 0 Å². The van der Waals surface area contributed by atoms with E-state index in [0.717, 1.165) is 5.56 Å². The molecule has 0 bridgehead atoms. The number of rotatable bonds is 5. The number of nitrogens with one attached hydrogen (secondary N) is 1. The Morgan fingerprint density at radius 2 is 2.21 bits per heavy atom. The summed E-state index contributed by atoms with van der Waals surface area (Å²) in [4.78, 5) is 0. The van der Waals surface area contributed by atoms with Gasteiger partial charge in [0, 0.05) is 6.54 Å². The van der Waals surface area contributed by atoms with Crippen LogP contribution >= 0.6 is 0 Å². The fourth-order valence-corrected chi connectivity index (χ4v) is 1.66. The minimum atomic E-state index is -3.13. The summed E-state index contributed by atoms with van der Waals surface area (Å²) >= 11 is 0. The molecule has 1 heterocycles. The van der Waals surface area contributed by atoms with Gasteiger partial charge in [0.05, 0.1) is 17.8 Å². The van der Waals surface area contributed by atoms with E-state index < -0.39 is 10.0 Å². The van der Waals surface area contributed by atoms with Crippen LogP contribution in [0.1, 0.15) is 19.4 Å². The minimum absolute atomic E-state index is 0.383. The second-order valence-electron chi connectivity index (χ2n) is 3.37. The summed E-state index contributed by atoms with van der Waals surface area (Å²) in [6.07, 6.45) is 3.85. The van der Waals surface area contributed by atoms with Crippen LogP contribution in [0.25, 0.3) is 0 Å². The van der Waals surface area contributed by atoms with Gasteiger partial charge in [-0.25, -0.2) is 13.1 Å². The van der Waals surface area contributed by atoms with Crippen LogP contribution < -0.4 is 4.72 Å². The van der Waals surface area contributed by atoms with Crippen molar-refractivity contribution in [1.82, 2.24) is 4.72 Å². The van der Waals surface area contributed by atoms with E-state index in [1.54, 1.807) is 26.4 Å². The van der Waals surface area contributed by atoms with Gasteiger partial charge in [0.1, 0.15) is 0 Å². The lowest BCUT2D eigenvalue weighted by Crippen LogP contribution is -2.32. The maximum absolute atomic E-state index is 11.3. The molecule has 0 amide bonds. The van der Waals surface area contributed by atoms with Crippen LogP contribution in [0.4, 0.5) is 0 Å². The molecule has 0 saturated heterocycles. The van der Waals surface area contributed by atoms with Crippen molar-refractivity contribution >= 4 is 10.0 Å². The van der Waals surface area contributed by atoms with Crippen molar-refractivity contribution < 1.29 is 12.8 Å². The molecule has 0 saturated carbocycles. The molecule has 1 aromatic heterocycles. The Hall–Kier alpha value is -0.810. The maximum Gasteiger partial charge on any atom is 0.213 e. The third-order valence-electron chi connectivity index (χ3n) is 1.92. The van der Waals surface area contributed by atoms with Crippen molar-refractivity contribution in [1.29, 1.82) is 0 Å². The Balaban J connectivity index is 2.36. The van der Waals surface area contributed by atoms with Gasteiger partial charge in [-0.15, -0.1) is 0 Å².